The van der Waals surface area contributed by atoms with E-state index in [-0.39, 0.29) is 41.5 Å². The zero-order chi connectivity index (χ0) is 20.7. The van der Waals surface area contributed by atoms with E-state index in [4.69, 9.17) is 4.74 Å². The molecular formula is C19H20F3N3O4. The Morgan fingerprint density at radius 2 is 2.00 bits per heavy atom. The van der Waals surface area contributed by atoms with Crippen molar-refractivity contribution in [1.82, 2.24) is 9.55 Å². The molecule has 3 aliphatic rings. The van der Waals surface area contributed by atoms with Crippen LogP contribution in [0.15, 0.2) is 15.7 Å². The maximum absolute atomic E-state index is 15.1. The summed E-state index contributed by atoms with van der Waals surface area (Å²) in [6, 6.07) is 0.955. The van der Waals surface area contributed by atoms with Crippen LogP contribution in [0.3, 0.4) is 0 Å². The van der Waals surface area contributed by atoms with Crippen molar-refractivity contribution in [2.24, 2.45) is 11.8 Å². The number of aromatic nitrogens is 2. The molecule has 1 aromatic carbocycles. The Morgan fingerprint density at radius 1 is 1.28 bits per heavy atom. The van der Waals surface area contributed by atoms with Gasteiger partial charge in [-0.05, 0) is 24.8 Å². The predicted octanol–water partition coefficient (Wildman–Crippen LogP) is 1.62. The van der Waals surface area contributed by atoms with Gasteiger partial charge >= 0.3 is 5.69 Å². The van der Waals surface area contributed by atoms with Crippen molar-refractivity contribution in [3.05, 3.63) is 32.7 Å². The number of anilines is 1. The summed E-state index contributed by atoms with van der Waals surface area (Å²) in [6.07, 6.45) is -0.725. The van der Waals surface area contributed by atoms with Crippen molar-refractivity contribution in [1.29, 1.82) is 0 Å². The average Bonchev–Trinajstić information content (AvgIpc) is 3.36. The van der Waals surface area contributed by atoms with Crippen LogP contribution in [0.25, 0.3) is 10.9 Å². The molecule has 1 aliphatic heterocycles. The van der Waals surface area contributed by atoms with E-state index in [0.717, 1.165) is 18.9 Å². The normalized spacial score (nSPS) is 28.2. The summed E-state index contributed by atoms with van der Waals surface area (Å²) in [5.41, 5.74) is -1.05. The molecule has 10 heteroatoms. The van der Waals surface area contributed by atoms with E-state index in [1.165, 1.54) is 11.7 Å². The summed E-state index contributed by atoms with van der Waals surface area (Å²) in [6.45, 7) is 0.171. The lowest BCUT2D eigenvalue weighted by molar-refractivity contribution is -0.0973. The molecule has 3 unspecified atom stereocenters. The second-order valence-electron chi connectivity index (χ2n) is 8.24. The van der Waals surface area contributed by atoms with E-state index >= 15 is 4.39 Å². The van der Waals surface area contributed by atoms with Crippen molar-refractivity contribution in [2.75, 3.05) is 25.1 Å². The standard InChI is InChI=1S/C19H20F3N3O4/c1-29-15-13-10(17(27)23-18(28)25(13)9-2-3-9)4-12(20)14(15)24-6-8-5-19(21,22)16(26)11(8)7-24/h4,8-9,11,16,26H,2-3,5-7H2,1H3,(H,23,27,28). The molecule has 7 nitrogen and oxygen atoms in total. The lowest BCUT2D eigenvalue weighted by Crippen LogP contribution is -2.36. The molecule has 1 saturated heterocycles. The first kappa shape index (κ1) is 18.5. The number of fused-ring (bicyclic) bond motifs is 2. The highest BCUT2D eigenvalue weighted by atomic mass is 19.3. The van der Waals surface area contributed by atoms with Gasteiger partial charge in [0.05, 0.1) is 12.5 Å². The lowest BCUT2D eigenvalue weighted by Gasteiger charge is -2.26. The number of rotatable bonds is 3. The SMILES string of the molecule is COc1c(N2CC3CC(F)(F)C(O)C3C2)c(F)cc2c(=O)[nH]c(=O)n(C3CC3)c12. The number of hydrogen-bond acceptors (Lipinski definition) is 5. The van der Waals surface area contributed by atoms with E-state index in [0.29, 0.717) is 0 Å². The van der Waals surface area contributed by atoms with Gasteiger partial charge in [0.2, 0.25) is 0 Å². The van der Waals surface area contributed by atoms with Gasteiger partial charge in [0, 0.05) is 31.5 Å². The summed E-state index contributed by atoms with van der Waals surface area (Å²) >= 11 is 0. The van der Waals surface area contributed by atoms with E-state index in [2.05, 4.69) is 4.98 Å². The van der Waals surface area contributed by atoms with Crippen molar-refractivity contribution in [3.63, 3.8) is 0 Å². The smallest absolute Gasteiger partial charge is 0.329 e. The quantitative estimate of drug-likeness (QED) is 0.802. The Labute approximate surface area is 162 Å². The molecule has 0 spiro atoms. The van der Waals surface area contributed by atoms with Crippen LogP contribution >= 0.6 is 0 Å². The predicted molar refractivity (Wildman–Crippen MR) is 98.4 cm³/mol. The van der Waals surface area contributed by atoms with Gasteiger partial charge in [0.25, 0.3) is 11.5 Å². The number of methoxy groups -OCH3 is 1. The number of aliphatic hydroxyl groups is 1. The van der Waals surface area contributed by atoms with E-state index < -0.39 is 47.3 Å². The monoisotopic (exact) mass is 411 g/mol. The lowest BCUT2D eigenvalue weighted by atomic mass is 9.99. The maximum atomic E-state index is 15.1. The summed E-state index contributed by atoms with van der Waals surface area (Å²) in [5, 5.41) is 9.97. The molecule has 2 heterocycles. The average molecular weight is 411 g/mol. The van der Waals surface area contributed by atoms with Gasteiger partial charge in [0.1, 0.15) is 17.3 Å². The Hall–Kier alpha value is -2.49. The minimum Gasteiger partial charge on any atom is -0.492 e. The van der Waals surface area contributed by atoms with Crippen molar-refractivity contribution in [3.8, 4) is 5.75 Å². The Kier molecular flexibility index (Phi) is 3.84. The van der Waals surface area contributed by atoms with Gasteiger partial charge in [-0.1, -0.05) is 0 Å². The minimum atomic E-state index is -3.15. The summed E-state index contributed by atoms with van der Waals surface area (Å²) < 4.78 is 49.6. The van der Waals surface area contributed by atoms with Gasteiger partial charge in [-0.15, -0.1) is 0 Å². The van der Waals surface area contributed by atoms with Gasteiger partial charge in [-0.3, -0.25) is 14.3 Å². The molecule has 0 amide bonds. The highest BCUT2D eigenvalue weighted by Crippen LogP contribution is 2.50. The molecule has 2 aliphatic carbocycles. The maximum Gasteiger partial charge on any atom is 0.329 e. The molecule has 0 bridgehead atoms. The highest BCUT2D eigenvalue weighted by Gasteiger charge is 2.58. The van der Waals surface area contributed by atoms with Crippen molar-refractivity contribution >= 4 is 16.6 Å². The number of aliphatic hydroxyl groups excluding tert-OH is 1. The van der Waals surface area contributed by atoms with Gasteiger partial charge < -0.3 is 14.7 Å². The fourth-order valence-corrected chi connectivity index (χ4v) is 4.95. The van der Waals surface area contributed by atoms with E-state index in [9.17, 15) is 23.5 Å². The molecule has 0 radical (unpaired) electrons. The molecule has 5 rings (SSSR count). The second kappa shape index (κ2) is 6.01. The molecule has 1 aromatic heterocycles. The number of nitrogens with zero attached hydrogens (tertiary/aromatic N) is 2. The summed E-state index contributed by atoms with van der Waals surface area (Å²) in [7, 11) is 1.32. The van der Waals surface area contributed by atoms with Crippen LogP contribution in [0.2, 0.25) is 0 Å². The van der Waals surface area contributed by atoms with Crippen LogP contribution in [0.4, 0.5) is 18.9 Å². The molecule has 156 valence electrons. The number of nitrogens with one attached hydrogen (secondary N) is 1. The van der Waals surface area contributed by atoms with Crippen LogP contribution in [-0.2, 0) is 0 Å². The third-order valence-electron chi connectivity index (χ3n) is 6.40. The Balaban J connectivity index is 1.68. The number of halogens is 3. The number of hydrogen-bond donors (Lipinski definition) is 2. The van der Waals surface area contributed by atoms with Crippen LogP contribution in [0, 0.1) is 17.7 Å². The third kappa shape index (κ3) is 2.61. The molecule has 2 N–H and O–H groups in total. The number of ether oxygens (including phenoxy) is 1. The second-order valence-corrected chi connectivity index (χ2v) is 8.24. The first-order chi connectivity index (χ1) is 13.7. The molecule has 2 aromatic rings. The molecule has 29 heavy (non-hydrogen) atoms. The highest BCUT2D eigenvalue weighted by molar-refractivity contribution is 5.91. The summed E-state index contributed by atoms with van der Waals surface area (Å²) in [4.78, 5) is 28.5. The minimum absolute atomic E-state index is 0.000518. The van der Waals surface area contributed by atoms with Crippen LogP contribution in [0.5, 0.6) is 5.75 Å². The van der Waals surface area contributed by atoms with Crippen LogP contribution < -0.4 is 20.9 Å². The first-order valence-corrected chi connectivity index (χ1v) is 9.58. The third-order valence-corrected chi connectivity index (χ3v) is 6.40. The van der Waals surface area contributed by atoms with Crippen LogP contribution in [-0.4, -0.2) is 46.9 Å². The van der Waals surface area contributed by atoms with E-state index in [1.807, 2.05) is 0 Å². The van der Waals surface area contributed by atoms with Gasteiger partial charge in [0.15, 0.2) is 11.6 Å². The van der Waals surface area contributed by atoms with Gasteiger partial charge in [-0.25, -0.2) is 18.0 Å². The molecular weight excluding hydrogens is 391 g/mol. The fourth-order valence-electron chi connectivity index (χ4n) is 4.95. The molecule has 2 saturated carbocycles. The molecule has 3 fully saturated rings. The zero-order valence-electron chi connectivity index (χ0n) is 15.6. The Morgan fingerprint density at radius 3 is 2.62 bits per heavy atom. The van der Waals surface area contributed by atoms with Crippen molar-refractivity contribution < 1.29 is 23.0 Å². The van der Waals surface area contributed by atoms with Crippen molar-refractivity contribution in [2.45, 2.75) is 37.3 Å². The zero-order valence-corrected chi connectivity index (χ0v) is 15.6. The topological polar surface area (TPSA) is 87.6 Å². The molecule has 3 atom stereocenters. The number of benzene rings is 1. The number of aromatic amines is 1. The number of alkyl halides is 2. The largest absolute Gasteiger partial charge is 0.492 e. The Bertz CT molecular complexity index is 1120. The first-order valence-electron chi connectivity index (χ1n) is 9.58. The number of H-pyrrole nitrogens is 1. The van der Waals surface area contributed by atoms with Crippen LogP contribution in [0.1, 0.15) is 25.3 Å². The van der Waals surface area contributed by atoms with Gasteiger partial charge in [-0.2, -0.15) is 0 Å². The fraction of sp³-hybridized carbons (Fsp3) is 0.579. The van der Waals surface area contributed by atoms with E-state index in [1.54, 1.807) is 4.90 Å². The summed E-state index contributed by atoms with van der Waals surface area (Å²) in [5.74, 6) is -5.01.